The quantitative estimate of drug-likeness (QED) is 0.174. The molecule has 2 nitrogen and oxygen atoms in total. The first-order chi connectivity index (χ1) is 26.3. The number of hydrogen-bond donors (Lipinski definition) is 0. The number of anilines is 3. The number of para-hydroxylation sites is 1. The normalized spacial score (nSPS) is 11.8. The van der Waals surface area contributed by atoms with Gasteiger partial charge in [-0.25, -0.2) is 0 Å². The number of aromatic nitrogens is 1. The van der Waals surface area contributed by atoms with Crippen LogP contribution in [0.2, 0.25) is 0 Å². The second kappa shape index (κ2) is 11.9. The summed E-state index contributed by atoms with van der Waals surface area (Å²) in [4.78, 5) is 2.46. The minimum atomic E-state index is 1.14. The second-order valence-electron chi connectivity index (χ2n) is 13.7. The van der Waals surface area contributed by atoms with Crippen molar-refractivity contribution in [2.75, 3.05) is 4.90 Å². The molecule has 0 aliphatic carbocycles. The van der Waals surface area contributed by atoms with Crippen molar-refractivity contribution in [3.05, 3.63) is 194 Å². The van der Waals surface area contributed by atoms with E-state index in [-0.39, 0.29) is 0 Å². The lowest BCUT2D eigenvalue weighted by molar-refractivity contribution is 1.19. The Labute approximate surface area is 311 Å². The summed E-state index contributed by atoms with van der Waals surface area (Å²) in [6.07, 6.45) is 0. The Bertz CT molecular complexity index is 3080. The maximum absolute atomic E-state index is 2.47. The predicted molar refractivity (Wildman–Crippen MR) is 229 cm³/mol. The van der Waals surface area contributed by atoms with Crippen LogP contribution in [0, 0.1) is 0 Å². The van der Waals surface area contributed by atoms with Crippen LogP contribution < -0.4 is 4.90 Å². The highest BCUT2D eigenvalue weighted by atomic mass is 32.1. The molecule has 0 fully saturated rings. The Hall–Kier alpha value is -6.68. The summed E-state index contributed by atoms with van der Waals surface area (Å²) in [5.41, 5.74) is 9.58. The molecule has 0 N–H and O–H groups in total. The molecule has 0 spiro atoms. The summed E-state index contributed by atoms with van der Waals surface area (Å²) in [6, 6.07) is 70.9. The highest BCUT2D eigenvalue weighted by Gasteiger charge is 2.21. The third kappa shape index (κ3) is 4.71. The Morgan fingerprint density at radius 1 is 0.396 bits per heavy atom. The molecule has 0 saturated carbocycles. The number of fused-ring (bicyclic) bond motifs is 9. The zero-order chi connectivity index (χ0) is 34.9. The molecule has 0 aliphatic heterocycles. The molecule has 0 amide bonds. The van der Waals surface area contributed by atoms with Gasteiger partial charge in [-0.2, -0.15) is 0 Å². The van der Waals surface area contributed by atoms with Crippen LogP contribution in [0.1, 0.15) is 0 Å². The maximum atomic E-state index is 2.47. The fourth-order valence-corrected chi connectivity index (χ4v) is 9.55. The highest BCUT2D eigenvalue weighted by molar-refractivity contribution is 7.26. The van der Waals surface area contributed by atoms with Gasteiger partial charge >= 0.3 is 0 Å². The van der Waals surface area contributed by atoms with Crippen molar-refractivity contribution in [1.29, 1.82) is 0 Å². The number of benzene rings is 9. The van der Waals surface area contributed by atoms with Crippen LogP contribution in [-0.2, 0) is 0 Å². The van der Waals surface area contributed by atoms with E-state index in [2.05, 4.69) is 204 Å². The molecule has 3 heteroatoms. The van der Waals surface area contributed by atoms with Gasteiger partial charge in [0.15, 0.2) is 0 Å². The highest BCUT2D eigenvalue weighted by Crippen LogP contribution is 2.47. The average Bonchev–Trinajstić information content (AvgIpc) is 3.77. The van der Waals surface area contributed by atoms with Gasteiger partial charge in [0.25, 0.3) is 0 Å². The van der Waals surface area contributed by atoms with E-state index in [1.54, 1.807) is 0 Å². The Morgan fingerprint density at radius 3 is 1.74 bits per heavy atom. The van der Waals surface area contributed by atoms with Gasteiger partial charge in [-0.3, -0.25) is 0 Å². The minimum absolute atomic E-state index is 1.14. The summed E-state index contributed by atoms with van der Waals surface area (Å²) >= 11 is 1.89. The van der Waals surface area contributed by atoms with Gasteiger partial charge in [0, 0.05) is 48.4 Å². The van der Waals surface area contributed by atoms with Crippen molar-refractivity contribution in [1.82, 2.24) is 4.57 Å². The van der Waals surface area contributed by atoms with Crippen molar-refractivity contribution in [3.63, 3.8) is 0 Å². The predicted octanol–water partition coefficient (Wildman–Crippen LogP) is 14.6. The van der Waals surface area contributed by atoms with Gasteiger partial charge in [-0.05, 0) is 76.5 Å². The first-order valence-electron chi connectivity index (χ1n) is 18.1. The van der Waals surface area contributed by atoms with Gasteiger partial charge in [-0.15, -0.1) is 11.3 Å². The third-order valence-corrected chi connectivity index (χ3v) is 11.9. The van der Waals surface area contributed by atoms with Gasteiger partial charge in [0.05, 0.1) is 27.1 Å². The molecule has 0 bridgehead atoms. The lowest BCUT2D eigenvalue weighted by Crippen LogP contribution is -2.11. The van der Waals surface area contributed by atoms with Crippen LogP contribution in [0.5, 0.6) is 0 Å². The molecule has 11 rings (SSSR count). The summed E-state index contributed by atoms with van der Waals surface area (Å²) in [5, 5.41) is 9.98. The number of rotatable bonds is 5. The van der Waals surface area contributed by atoms with Gasteiger partial charge < -0.3 is 9.47 Å². The Balaban J connectivity index is 1.19. The molecule has 0 aliphatic rings. The molecular weight excluding hydrogens is 661 g/mol. The fraction of sp³-hybridized carbons (Fsp3) is 0. The second-order valence-corrected chi connectivity index (χ2v) is 14.8. The van der Waals surface area contributed by atoms with Crippen LogP contribution >= 0.6 is 11.3 Å². The van der Waals surface area contributed by atoms with Crippen LogP contribution in [0.3, 0.4) is 0 Å². The fourth-order valence-electron chi connectivity index (χ4n) is 8.33. The van der Waals surface area contributed by atoms with Crippen molar-refractivity contribution >= 4 is 91.9 Å². The van der Waals surface area contributed by atoms with Crippen LogP contribution in [-0.4, -0.2) is 4.57 Å². The van der Waals surface area contributed by atoms with E-state index in [1.165, 1.54) is 91.7 Å². The number of nitrogens with zero attached hydrogens (tertiary/aromatic N) is 2. The topological polar surface area (TPSA) is 8.17 Å². The zero-order valence-electron chi connectivity index (χ0n) is 28.8. The van der Waals surface area contributed by atoms with Crippen molar-refractivity contribution in [2.24, 2.45) is 0 Å². The van der Waals surface area contributed by atoms with Gasteiger partial charge in [0.2, 0.25) is 0 Å². The average molecular weight is 693 g/mol. The summed E-state index contributed by atoms with van der Waals surface area (Å²) in [6.45, 7) is 0. The van der Waals surface area contributed by atoms with Crippen molar-refractivity contribution in [2.45, 2.75) is 0 Å². The lowest BCUT2D eigenvalue weighted by Gasteiger charge is -2.28. The standard InChI is InChI=1S/C50H32N2S/c1-3-13-33(14-4-1)36-25-29-47-43(31-36)41-27-28-42-44-32-38(26-30-48(44)53-50(42)49(41)52(47)37-19-5-2-6-20-37)51(45-23-11-17-34-15-7-9-21-39(34)45)46-24-12-18-35-16-8-10-22-40(35)46/h1-32H. The summed E-state index contributed by atoms with van der Waals surface area (Å²) in [5.74, 6) is 0. The van der Waals surface area contributed by atoms with Crippen LogP contribution in [0.25, 0.3) is 80.3 Å². The molecule has 11 aromatic rings. The molecule has 0 radical (unpaired) electrons. The number of thiophene rings is 1. The molecule has 0 atom stereocenters. The van der Waals surface area contributed by atoms with E-state index < -0.39 is 0 Å². The smallest absolute Gasteiger partial charge is 0.0719 e. The monoisotopic (exact) mass is 692 g/mol. The zero-order valence-corrected chi connectivity index (χ0v) is 29.6. The first-order valence-corrected chi connectivity index (χ1v) is 18.9. The van der Waals surface area contributed by atoms with E-state index in [4.69, 9.17) is 0 Å². The Morgan fingerprint density at radius 2 is 1.02 bits per heavy atom. The van der Waals surface area contributed by atoms with Crippen molar-refractivity contribution < 1.29 is 0 Å². The van der Waals surface area contributed by atoms with E-state index in [0.717, 1.165) is 5.69 Å². The summed E-state index contributed by atoms with van der Waals surface area (Å²) in [7, 11) is 0. The SMILES string of the molecule is c1ccc(-c2ccc3c(c2)c2ccc4c5cc(N(c6cccc7ccccc67)c6cccc7ccccc67)ccc5sc4c2n3-c2ccccc2)cc1. The van der Waals surface area contributed by atoms with E-state index in [9.17, 15) is 0 Å². The maximum Gasteiger partial charge on any atom is 0.0719 e. The minimum Gasteiger partial charge on any atom is -0.309 e. The van der Waals surface area contributed by atoms with Gasteiger partial charge in [-0.1, -0.05) is 140 Å². The first kappa shape index (κ1) is 30.0. The molecule has 2 heterocycles. The molecule has 9 aromatic carbocycles. The van der Waals surface area contributed by atoms with Crippen molar-refractivity contribution in [3.8, 4) is 16.8 Å². The lowest BCUT2D eigenvalue weighted by atomic mass is 10.0. The van der Waals surface area contributed by atoms with Crippen LogP contribution in [0.15, 0.2) is 194 Å². The van der Waals surface area contributed by atoms with Crippen LogP contribution in [0.4, 0.5) is 17.1 Å². The van der Waals surface area contributed by atoms with Gasteiger partial charge in [0.1, 0.15) is 0 Å². The van der Waals surface area contributed by atoms with E-state index >= 15 is 0 Å². The molecule has 0 saturated heterocycles. The molecule has 0 unspecified atom stereocenters. The molecular formula is C50H32N2S. The number of hydrogen-bond acceptors (Lipinski definition) is 2. The van der Waals surface area contributed by atoms with E-state index in [0.29, 0.717) is 0 Å². The van der Waals surface area contributed by atoms with E-state index in [1.807, 2.05) is 11.3 Å². The molecule has 53 heavy (non-hydrogen) atoms. The Kier molecular flexibility index (Phi) is 6.76. The summed E-state index contributed by atoms with van der Waals surface area (Å²) < 4.78 is 5.05. The molecule has 2 aromatic heterocycles. The largest absolute Gasteiger partial charge is 0.309 e. The third-order valence-electron chi connectivity index (χ3n) is 10.7. The molecule has 248 valence electrons.